The van der Waals surface area contributed by atoms with Crippen molar-refractivity contribution in [2.45, 2.75) is 37.3 Å². The minimum atomic E-state index is -2.67. The molecule has 146 valence electrons. The van der Waals surface area contributed by atoms with Crippen LogP contribution in [0.1, 0.15) is 30.9 Å². The Kier molecular flexibility index (Phi) is 4.86. The van der Waals surface area contributed by atoms with Gasteiger partial charge in [0.25, 0.3) is 0 Å². The van der Waals surface area contributed by atoms with E-state index in [0.717, 1.165) is 5.56 Å². The Morgan fingerprint density at radius 2 is 1.74 bits per heavy atom. The second kappa shape index (κ2) is 7.16. The Morgan fingerprint density at radius 3 is 2.37 bits per heavy atom. The molecule has 3 fully saturated rings. The van der Waals surface area contributed by atoms with Crippen LogP contribution in [0.5, 0.6) is 0 Å². The molecule has 2 atom stereocenters. The van der Waals surface area contributed by atoms with Crippen molar-refractivity contribution in [3.8, 4) is 0 Å². The first-order valence-electron chi connectivity index (χ1n) is 9.43. The Balaban J connectivity index is 1.38. The summed E-state index contributed by atoms with van der Waals surface area (Å²) in [5, 5.41) is 0. The number of carbonyl (C=O) groups is 2. The molecule has 0 radical (unpaired) electrons. The summed E-state index contributed by atoms with van der Waals surface area (Å²) in [4.78, 5) is 28.2. The van der Waals surface area contributed by atoms with Gasteiger partial charge in [0, 0.05) is 57.4 Å². The summed E-state index contributed by atoms with van der Waals surface area (Å²) >= 11 is 0. The number of benzene rings is 1. The third kappa shape index (κ3) is 3.82. The van der Waals surface area contributed by atoms with Gasteiger partial charge in [-0.05, 0) is 5.56 Å². The van der Waals surface area contributed by atoms with Crippen LogP contribution in [0.2, 0.25) is 0 Å². The maximum Gasteiger partial charge on any atom is 0.249 e. The number of nitrogens with one attached hydrogen (secondary N) is 2. The van der Waals surface area contributed by atoms with Crippen LogP contribution in [0.4, 0.5) is 8.78 Å². The second-order valence-corrected chi connectivity index (χ2v) is 7.67. The molecular formula is C19H24F2N4O2. The number of amides is 2. The van der Waals surface area contributed by atoms with Crippen LogP contribution >= 0.6 is 0 Å². The van der Waals surface area contributed by atoms with Crippen LogP contribution in [0.3, 0.4) is 0 Å². The van der Waals surface area contributed by atoms with Crippen LogP contribution < -0.4 is 10.9 Å². The SMILES string of the molecule is O=C1CC(N2CCN(C(=O)C3CC(F)(F)C3)CC2)C(c2ccccc2)NN1. The van der Waals surface area contributed by atoms with E-state index >= 15 is 0 Å². The van der Waals surface area contributed by atoms with Crippen molar-refractivity contribution in [2.75, 3.05) is 26.2 Å². The lowest BCUT2D eigenvalue weighted by atomic mass is 9.80. The molecule has 0 aromatic heterocycles. The van der Waals surface area contributed by atoms with E-state index in [-0.39, 0.29) is 36.7 Å². The number of hydrogen-bond acceptors (Lipinski definition) is 4. The van der Waals surface area contributed by atoms with Gasteiger partial charge in [-0.15, -0.1) is 0 Å². The van der Waals surface area contributed by atoms with E-state index in [1.54, 1.807) is 4.90 Å². The highest BCUT2D eigenvalue weighted by molar-refractivity contribution is 5.80. The molecule has 6 nitrogen and oxygen atoms in total. The highest BCUT2D eigenvalue weighted by Gasteiger charge is 2.50. The van der Waals surface area contributed by atoms with Crippen molar-refractivity contribution < 1.29 is 18.4 Å². The third-order valence-corrected chi connectivity index (χ3v) is 5.84. The fourth-order valence-electron chi connectivity index (χ4n) is 4.29. The van der Waals surface area contributed by atoms with Gasteiger partial charge in [-0.1, -0.05) is 30.3 Å². The molecule has 2 amide bonds. The molecular weight excluding hydrogens is 354 g/mol. The van der Waals surface area contributed by atoms with E-state index in [2.05, 4.69) is 15.8 Å². The van der Waals surface area contributed by atoms with E-state index < -0.39 is 11.8 Å². The number of piperazine rings is 1. The van der Waals surface area contributed by atoms with Crippen molar-refractivity contribution in [1.29, 1.82) is 0 Å². The highest BCUT2D eigenvalue weighted by atomic mass is 19.3. The summed E-state index contributed by atoms with van der Waals surface area (Å²) in [6.07, 6.45) is -0.265. The second-order valence-electron chi connectivity index (χ2n) is 7.67. The predicted octanol–water partition coefficient (Wildman–Crippen LogP) is 1.31. The normalized spacial score (nSPS) is 29.1. The van der Waals surface area contributed by atoms with Gasteiger partial charge in [0.15, 0.2) is 0 Å². The molecule has 3 aliphatic rings. The minimum absolute atomic E-state index is 0.00793. The first kappa shape index (κ1) is 18.3. The summed E-state index contributed by atoms with van der Waals surface area (Å²) < 4.78 is 26.1. The Labute approximate surface area is 156 Å². The average molecular weight is 378 g/mol. The molecule has 2 heterocycles. The molecule has 8 heteroatoms. The average Bonchev–Trinajstić information content (AvgIpc) is 2.66. The molecule has 1 saturated carbocycles. The fraction of sp³-hybridized carbons (Fsp3) is 0.579. The standard InChI is InChI=1S/C19H24F2N4O2/c20-19(21)11-14(12-19)18(27)25-8-6-24(7-9-25)15-10-16(26)22-23-17(15)13-4-2-1-3-5-13/h1-5,14-15,17,23H,6-12H2,(H,22,26). The van der Waals surface area contributed by atoms with Gasteiger partial charge in [-0.3, -0.25) is 19.9 Å². The minimum Gasteiger partial charge on any atom is -0.340 e. The zero-order chi connectivity index (χ0) is 19.0. The first-order chi connectivity index (χ1) is 12.9. The van der Waals surface area contributed by atoms with Gasteiger partial charge in [-0.25, -0.2) is 14.2 Å². The number of nitrogens with zero attached hydrogens (tertiary/aromatic N) is 2. The molecule has 2 aliphatic heterocycles. The number of carbonyl (C=O) groups excluding carboxylic acids is 2. The summed E-state index contributed by atoms with van der Waals surface area (Å²) in [5.41, 5.74) is 6.92. The fourth-order valence-corrected chi connectivity index (χ4v) is 4.29. The maximum absolute atomic E-state index is 13.0. The van der Waals surface area contributed by atoms with E-state index in [0.29, 0.717) is 32.6 Å². The van der Waals surface area contributed by atoms with Crippen molar-refractivity contribution in [2.24, 2.45) is 5.92 Å². The van der Waals surface area contributed by atoms with Crippen LogP contribution in [-0.2, 0) is 9.59 Å². The Hall–Kier alpha value is -2.06. The lowest BCUT2D eigenvalue weighted by Crippen LogP contribution is -2.61. The summed E-state index contributed by atoms with van der Waals surface area (Å²) in [5.74, 6) is -3.42. The number of hydrazine groups is 1. The molecule has 2 N–H and O–H groups in total. The molecule has 0 spiro atoms. The molecule has 1 aromatic rings. The molecule has 4 rings (SSSR count). The maximum atomic E-state index is 13.0. The largest absolute Gasteiger partial charge is 0.340 e. The van der Waals surface area contributed by atoms with E-state index in [1.165, 1.54) is 0 Å². The topological polar surface area (TPSA) is 64.7 Å². The Morgan fingerprint density at radius 1 is 1.07 bits per heavy atom. The van der Waals surface area contributed by atoms with Crippen LogP contribution in [0, 0.1) is 5.92 Å². The quantitative estimate of drug-likeness (QED) is 0.833. The Bertz CT molecular complexity index is 699. The molecule has 0 bridgehead atoms. The van der Waals surface area contributed by atoms with Gasteiger partial charge in [0.05, 0.1) is 6.04 Å². The van der Waals surface area contributed by atoms with Gasteiger partial charge >= 0.3 is 0 Å². The zero-order valence-corrected chi connectivity index (χ0v) is 15.0. The number of rotatable bonds is 3. The van der Waals surface area contributed by atoms with Crippen LogP contribution in [0.15, 0.2) is 30.3 Å². The van der Waals surface area contributed by atoms with E-state index in [1.807, 2.05) is 30.3 Å². The number of halogens is 2. The van der Waals surface area contributed by atoms with Crippen LogP contribution in [-0.4, -0.2) is 59.8 Å². The van der Waals surface area contributed by atoms with Crippen molar-refractivity contribution >= 4 is 11.8 Å². The van der Waals surface area contributed by atoms with Crippen molar-refractivity contribution in [1.82, 2.24) is 20.7 Å². The zero-order valence-electron chi connectivity index (χ0n) is 15.0. The summed E-state index contributed by atoms with van der Waals surface area (Å²) in [6.45, 7) is 2.30. The monoisotopic (exact) mass is 378 g/mol. The summed E-state index contributed by atoms with van der Waals surface area (Å²) in [6, 6.07) is 9.90. The van der Waals surface area contributed by atoms with Gasteiger partial charge in [0.1, 0.15) is 0 Å². The van der Waals surface area contributed by atoms with Gasteiger partial charge in [0.2, 0.25) is 17.7 Å². The highest BCUT2D eigenvalue weighted by Crippen LogP contribution is 2.43. The smallest absolute Gasteiger partial charge is 0.249 e. The predicted molar refractivity (Wildman–Crippen MR) is 94.7 cm³/mol. The third-order valence-electron chi connectivity index (χ3n) is 5.84. The molecule has 1 aromatic carbocycles. The van der Waals surface area contributed by atoms with Gasteiger partial charge in [-0.2, -0.15) is 0 Å². The molecule has 2 saturated heterocycles. The van der Waals surface area contributed by atoms with Crippen molar-refractivity contribution in [3.05, 3.63) is 35.9 Å². The van der Waals surface area contributed by atoms with Gasteiger partial charge < -0.3 is 4.90 Å². The molecule has 2 unspecified atom stereocenters. The van der Waals surface area contributed by atoms with Crippen molar-refractivity contribution in [3.63, 3.8) is 0 Å². The number of alkyl halides is 2. The molecule has 27 heavy (non-hydrogen) atoms. The van der Waals surface area contributed by atoms with E-state index in [4.69, 9.17) is 0 Å². The first-order valence-corrected chi connectivity index (χ1v) is 9.43. The summed E-state index contributed by atoms with van der Waals surface area (Å²) in [7, 11) is 0. The lowest BCUT2D eigenvalue weighted by Gasteiger charge is -2.45. The van der Waals surface area contributed by atoms with E-state index in [9.17, 15) is 18.4 Å². The van der Waals surface area contributed by atoms with Crippen LogP contribution in [0.25, 0.3) is 0 Å². The lowest BCUT2D eigenvalue weighted by molar-refractivity contribution is -0.161. The molecule has 1 aliphatic carbocycles. The number of hydrogen-bond donors (Lipinski definition) is 2.